The Balaban J connectivity index is 1.53. The second kappa shape index (κ2) is 8.64. The highest BCUT2D eigenvalue weighted by Gasteiger charge is 2.47. The van der Waals surface area contributed by atoms with Gasteiger partial charge >= 0.3 is 0 Å². The molecule has 0 aliphatic carbocycles. The first-order chi connectivity index (χ1) is 13.7. The van der Waals surface area contributed by atoms with E-state index in [9.17, 15) is 4.79 Å². The average Bonchev–Trinajstić information content (AvgIpc) is 2.74. The van der Waals surface area contributed by atoms with Gasteiger partial charge in [-0.3, -0.25) is 9.69 Å². The van der Waals surface area contributed by atoms with Crippen LogP contribution in [-0.2, 0) is 4.79 Å². The molecule has 1 aromatic rings. The molecule has 4 atom stereocenters. The summed E-state index contributed by atoms with van der Waals surface area (Å²) in [4.78, 5) is 26.3. The lowest BCUT2D eigenvalue weighted by Crippen LogP contribution is -2.66. The van der Waals surface area contributed by atoms with Crippen molar-refractivity contribution in [3.05, 3.63) is 12.3 Å². The average molecular weight is 388 g/mol. The molecule has 3 saturated heterocycles. The van der Waals surface area contributed by atoms with Crippen LogP contribution < -0.4 is 15.0 Å². The van der Waals surface area contributed by atoms with Crippen molar-refractivity contribution in [3.8, 4) is 5.88 Å². The molecule has 1 N–H and O–H groups in total. The van der Waals surface area contributed by atoms with Gasteiger partial charge in [0.1, 0.15) is 0 Å². The van der Waals surface area contributed by atoms with Crippen LogP contribution in [0.3, 0.4) is 0 Å². The van der Waals surface area contributed by atoms with Crippen molar-refractivity contribution >= 4 is 11.9 Å². The van der Waals surface area contributed by atoms with Crippen molar-refractivity contribution in [1.82, 2.24) is 20.2 Å². The van der Waals surface area contributed by atoms with Crippen LogP contribution in [0.1, 0.15) is 45.4 Å². The second-order valence-electron chi connectivity index (χ2n) is 8.48. The molecule has 0 aromatic carbocycles. The number of hydrogen-bond donors (Lipinski definition) is 1. The van der Waals surface area contributed by atoms with E-state index >= 15 is 0 Å². The number of aromatic nitrogens is 2. The van der Waals surface area contributed by atoms with Gasteiger partial charge in [0.25, 0.3) is 0 Å². The molecule has 2 bridgehead atoms. The molecule has 3 fully saturated rings. The minimum absolute atomic E-state index is 0.182. The van der Waals surface area contributed by atoms with Gasteiger partial charge < -0.3 is 15.0 Å². The number of rotatable bonds is 6. The van der Waals surface area contributed by atoms with E-state index in [0.717, 1.165) is 32.0 Å². The first-order valence-corrected chi connectivity index (χ1v) is 10.8. The molecule has 1 aromatic heterocycles. The Labute approximate surface area is 167 Å². The van der Waals surface area contributed by atoms with Gasteiger partial charge in [-0.1, -0.05) is 13.3 Å². The van der Waals surface area contributed by atoms with Gasteiger partial charge in [-0.2, -0.15) is 4.98 Å². The molecular formula is C21H33N5O2. The predicted octanol–water partition coefficient (Wildman–Crippen LogP) is 2.08. The van der Waals surface area contributed by atoms with Gasteiger partial charge in [0, 0.05) is 50.4 Å². The maximum absolute atomic E-state index is 12.1. The van der Waals surface area contributed by atoms with E-state index < -0.39 is 0 Å². The highest BCUT2D eigenvalue weighted by Crippen LogP contribution is 2.41. The zero-order chi connectivity index (χ0) is 19.5. The summed E-state index contributed by atoms with van der Waals surface area (Å²) in [6.07, 6.45) is 8.40. The zero-order valence-corrected chi connectivity index (χ0v) is 17.1. The van der Waals surface area contributed by atoms with E-state index in [-0.39, 0.29) is 5.91 Å². The Kier molecular flexibility index (Phi) is 5.99. The topological polar surface area (TPSA) is 70.6 Å². The Bertz CT molecular complexity index is 685. The van der Waals surface area contributed by atoms with Crippen LogP contribution in [0, 0.1) is 11.8 Å². The van der Waals surface area contributed by atoms with Crippen molar-refractivity contribution in [1.29, 1.82) is 0 Å². The third-order valence-corrected chi connectivity index (χ3v) is 6.72. The summed E-state index contributed by atoms with van der Waals surface area (Å²) >= 11 is 0. The first-order valence-electron chi connectivity index (χ1n) is 10.8. The molecule has 154 valence electrons. The molecule has 28 heavy (non-hydrogen) atoms. The summed E-state index contributed by atoms with van der Waals surface area (Å²) in [6.45, 7) is 5.95. The molecule has 7 nitrogen and oxygen atoms in total. The van der Waals surface area contributed by atoms with Gasteiger partial charge in [-0.15, -0.1) is 0 Å². The summed E-state index contributed by atoms with van der Waals surface area (Å²) in [6, 6.07) is 2.82. The Morgan fingerprint density at radius 3 is 3.00 bits per heavy atom. The second-order valence-corrected chi connectivity index (χ2v) is 8.48. The molecule has 0 unspecified atom stereocenters. The number of nitrogens with one attached hydrogen (secondary N) is 1. The maximum atomic E-state index is 12.1. The smallest absolute Gasteiger partial charge is 0.228 e. The highest BCUT2D eigenvalue weighted by molar-refractivity contribution is 5.75. The van der Waals surface area contributed by atoms with Crippen LogP contribution >= 0.6 is 0 Å². The fourth-order valence-electron chi connectivity index (χ4n) is 5.48. The van der Waals surface area contributed by atoms with E-state index in [1.54, 1.807) is 19.4 Å². The van der Waals surface area contributed by atoms with Crippen molar-refractivity contribution in [2.45, 2.75) is 57.5 Å². The molecule has 0 spiro atoms. The lowest BCUT2D eigenvalue weighted by molar-refractivity contribution is -0.122. The molecule has 1 amide bonds. The first kappa shape index (κ1) is 19.4. The van der Waals surface area contributed by atoms with Crippen LogP contribution in [0.15, 0.2) is 12.3 Å². The summed E-state index contributed by atoms with van der Waals surface area (Å²) in [5.41, 5.74) is 0. The van der Waals surface area contributed by atoms with E-state index in [1.165, 1.54) is 32.2 Å². The van der Waals surface area contributed by atoms with Gasteiger partial charge in [0.05, 0.1) is 7.11 Å². The lowest BCUT2D eigenvalue weighted by Gasteiger charge is -2.56. The number of nitrogens with zero attached hydrogens (tertiary/aromatic N) is 4. The number of hydrogen-bond acceptors (Lipinski definition) is 6. The summed E-state index contributed by atoms with van der Waals surface area (Å²) < 4.78 is 5.30. The van der Waals surface area contributed by atoms with Crippen molar-refractivity contribution in [2.75, 3.05) is 38.2 Å². The molecule has 7 heteroatoms. The quantitative estimate of drug-likeness (QED) is 0.806. The Hall–Kier alpha value is -1.89. The molecule has 0 radical (unpaired) electrons. The van der Waals surface area contributed by atoms with Crippen LogP contribution in [0.25, 0.3) is 0 Å². The van der Waals surface area contributed by atoms with Crippen molar-refractivity contribution in [3.63, 3.8) is 0 Å². The number of ether oxygens (including phenoxy) is 1. The number of anilines is 1. The molecule has 4 heterocycles. The van der Waals surface area contributed by atoms with Crippen LogP contribution in [0.2, 0.25) is 0 Å². The van der Waals surface area contributed by atoms with E-state index in [1.807, 2.05) is 0 Å². The van der Waals surface area contributed by atoms with Gasteiger partial charge in [-0.25, -0.2) is 4.98 Å². The number of amides is 1. The minimum atomic E-state index is 0.182. The van der Waals surface area contributed by atoms with E-state index in [2.05, 4.69) is 32.0 Å². The van der Waals surface area contributed by atoms with Crippen LogP contribution in [0.4, 0.5) is 5.95 Å². The lowest BCUT2D eigenvalue weighted by atomic mass is 9.72. The SMILES string of the molecule is CCCC(=O)NC[C@H]1[C@H]2C[C@H](CN(c3nccc(OC)n3)C2)[C@@H]2CCCCN21. The highest BCUT2D eigenvalue weighted by atomic mass is 16.5. The molecule has 4 rings (SSSR count). The largest absolute Gasteiger partial charge is 0.481 e. The maximum Gasteiger partial charge on any atom is 0.228 e. The van der Waals surface area contributed by atoms with E-state index in [4.69, 9.17) is 4.74 Å². The van der Waals surface area contributed by atoms with Crippen molar-refractivity contribution < 1.29 is 9.53 Å². The molecule has 0 saturated carbocycles. The fraction of sp³-hybridized carbons (Fsp3) is 0.762. The number of methoxy groups -OCH3 is 1. The standard InChI is InChI=1S/C21H33N5O2/c1-3-6-19(27)23-12-18-16-11-15(17-7-4-5-10-26(17)18)13-25(14-16)21-22-9-8-20(24-21)28-2/h8-9,15-18H,3-7,10-14H2,1-2H3,(H,23,27)/t15-,16+,17+,18+/m1/s1. The number of carbonyl (C=O) groups is 1. The fourth-order valence-corrected chi connectivity index (χ4v) is 5.48. The van der Waals surface area contributed by atoms with Crippen LogP contribution in [0.5, 0.6) is 5.88 Å². The van der Waals surface area contributed by atoms with Gasteiger partial charge in [0.15, 0.2) is 0 Å². The minimum Gasteiger partial charge on any atom is -0.481 e. The number of piperidine rings is 3. The molecule has 3 aliphatic heterocycles. The van der Waals surface area contributed by atoms with Crippen molar-refractivity contribution in [2.24, 2.45) is 11.8 Å². The monoisotopic (exact) mass is 387 g/mol. The Morgan fingerprint density at radius 1 is 1.32 bits per heavy atom. The zero-order valence-electron chi connectivity index (χ0n) is 17.1. The predicted molar refractivity (Wildman–Crippen MR) is 108 cm³/mol. The molecular weight excluding hydrogens is 354 g/mol. The number of fused-ring (bicyclic) bond motifs is 4. The number of carbonyl (C=O) groups excluding carboxylic acids is 1. The summed E-state index contributed by atoms with van der Waals surface area (Å²) in [7, 11) is 1.64. The normalized spacial score (nSPS) is 29.9. The summed E-state index contributed by atoms with van der Waals surface area (Å²) in [5, 5.41) is 3.21. The summed E-state index contributed by atoms with van der Waals surface area (Å²) in [5.74, 6) is 2.75. The van der Waals surface area contributed by atoms with Crippen LogP contribution in [-0.4, -0.2) is 66.1 Å². The molecule has 3 aliphatic rings. The van der Waals surface area contributed by atoms with Gasteiger partial charge in [-0.05, 0) is 44.1 Å². The third kappa shape index (κ3) is 3.95. The van der Waals surface area contributed by atoms with Gasteiger partial charge in [0.2, 0.25) is 17.7 Å². The Morgan fingerprint density at radius 2 is 2.18 bits per heavy atom. The third-order valence-electron chi connectivity index (χ3n) is 6.72. The van der Waals surface area contributed by atoms with E-state index in [0.29, 0.717) is 36.2 Å².